The lowest BCUT2D eigenvalue weighted by Gasteiger charge is -2.39. The van der Waals surface area contributed by atoms with Crippen molar-refractivity contribution in [3.63, 3.8) is 0 Å². The minimum absolute atomic E-state index is 0.0136. The molecule has 9 nitrogen and oxygen atoms in total. The maximum atomic E-state index is 12.4. The van der Waals surface area contributed by atoms with Gasteiger partial charge in [0.1, 0.15) is 5.82 Å². The van der Waals surface area contributed by atoms with Gasteiger partial charge >= 0.3 is 0 Å². The van der Waals surface area contributed by atoms with Crippen molar-refractivity contribution < 1.29 is 19.8 Å². The quantitative estimate of drug-likeness (QED) is 0.413. The second kappa shape index (κ2) is 10.6. The van der Waals surface area contributed by atoms with E-state index in [4.69, 9.17) is 0 Å². The first-order valence-electron chi connectivity index (χ1n) is 11.5. The third kappa shape index (κ3) is 5.31. The molecule has 0 spiro atoms. The van der Waals surface area contributed by atoms with Crippen molar-refractivity contribution >= 4 is 23.3 Å². The fourth-order valence-electron chi connectivity index (χ4n) is 4.38. The van der Waals surface area contributed by atoms with E-state index in [-0.39, 0.29) is 31.2 Å². The molecule has 1 aliphatic heterocycles. The summed E-state index contributed by atoms with van der Waals surface area (Å²) in [5.74, 6) is 0.323. The van der Waals surface area contributed by atoms with Crippen molar-refractivity contribution in [1.29, 1.82) is 0 Å². The predicted molar refractivity (Wildman–Crippen MR) is 133 cm³/mol. The Bertz CT molecular complexity index is 1180. The molecule has 2 unspecified atom stereocenters. The molecule has 182 valence electrons. The van der Waals surface area contributed by atoms with Crippen molar-refractivity contribution in [3.05, 3.63) is 72.1 Å². The molecule has 3 aromatic rings. The first-order chi connectivity index (χ1) is 16.9. The van der Waals surface area contributed by atoms with E-state index < -0.39 is 11.9 Å². The van der Waals surface area contributed by atoms with E-state index in [0.29, 0.717) is 11.3 Å². The number of carbonyl (C=O) groups excluding carboxylic acids is 2. The lowest BCUT2D eigenvalue weighted by molar-refractivity contribution is -0.117. The summed E-state index contributed by atoms with van der Waals surface area (Å²) in [4.78, 5) is 35.4. The van der Waals surface area contributed by atoms with Crippen LogP contribution in [0.5, 0.6) is 0 Å². The molecule has 0 saturated carbocycles. The number of benzene rings is 1. The van der Waals surface area contributed by atoms with E-state index in [0.717, 1.165) is 29.1 Å². The second-order valence-electron chi connectivity index (χ2n) is 8.63. The topological polar surface area (TPSA) is 128 Å². The highest BCUT2D eigenvalue weighted by Gasteiger charge is 2.33. The molecule has 4 rings (SSSR count). The van der Waals surface area contributed by atoms with Crippen molar-refractivity contribution in [2.75, 3.05) is 23.4 Å². The van der Waals surface area contributed by atoms with Gasteiger partial charge in [-0.2, -0.15) is 0 Å². The van der Waals surface area contributed by atoms with Crippen LogP contribution in [0.15, 0.2) is 60.9 Å². The third-order valence-corrected chi connectivity index (χ3v) is 6.10. The molecule has 4 N–H and O–H groups in total. The van der Waals surface area contributed by atoms with Crippen LogP contribution in [0.1, 0.15) is 42.2 Å². The summed E-state index contributed by atoms with van der Waals surface area (Å²) in [5, 5.41) is 24.4. The fraction of sp³-hybridized carbons (Fsp3) is 0.308. The van der Waals surface area contributed by atoms with Crippen LogP contribution >= 0.6 is 0 Å². The standard InChI is InChI=1S/C26H29N5O4/c1-16-11-23(30-25-5-3-4-10-27-25)21-12-18(7-9-24(21)31(16)17(2)34)22-8-6-19(13-28-22)26(35)29-20(14-32)15-33/h3-10,12-13,16,20,23,32-33H,11,14-15H2,1-2H3,(H,27,30)(H,29,35). The first kappa shape index (κ1) is 24.3. The lowest BCUT2D eigenvalue weighted by atomic mass is 9.89. The number of fused-ring (bicyclic) bond motifs is 1. The minimum Gasteiger partial charge on any atom is -0.394 e. The van der Waals surface area contributed by atoms with Gasteiger partial charge in [-0.05, 0) is 55.3 Å². The molecule has 3 heterocycles. The van der Waals surface area contributed by atoms with E-state index in [9.17, 15) is 19.8 Å². The number of nitrogens with zero attached hydrogens (tertiary/aromatic N) is 3. The second-order valence-corrected chi connectivity index (χ2v) is 8.63. The Hall–Kier alpha value is -3.82. The maximum absolute atomic E-state index is 12.4. The summed E-state index contributed by atoms with van der Waals surface area (Å²) in [6.07, 6.45) is 3.91. The summed E-state index contributed by atoms with van der Waals surface area (Å²) >= 11 is 0. The van der Waals surface area contributed by atoms with Gasteiger partial charge in [-0.3, -0.25) is 14.6 Å². The number of pyridine rings is 2. The Balaban J connectivity index is 1.65. The van der Waals surface area contributed by atoms with Gasteiger partial charge in [0.05, 0.1) is 36.6 Å². The summed E-state index contributed by atoms with van der Waals surface area (Å²) in [7, 11) is 0. The number of amides is 2. The van der Waals surface area contributed by atoms with Crippen molar-refractivity contribution in [1.82, 2.24) is 15.3 Å². The summed E-state index contributed by atoms with van der Waals surface area (Å²) in [5.41, 5.74) is 3.67. The van der Waals surface area contributed by atoms with Crippen LogP contribution in [0.2, 0.25) is 0 Å². The normalized spacial score (nSPS) is 17.1. The van der Waals surface area contributed by atoms with Crippen molar-refractivity contribution in [2.24, 2.45) is 0 Å². The number of anilines is 2. The Morgan fingerprint density at radius 3 is 2.54 bits per heavy atom. The van der Waals surface area contributed by atoms with Crippen LogP contribution in [-0.2, 0) is 4.79 Å². The van der Waals surface area contributed by atoms with Gasteiger partial charge in [0.25, 0.3) is 5.91 Å². The Labute approximate surface area is 203 Å². The van der Waals surface area contributed by atoms with Crippen molar-refractivity contribution in [3.8, 4) is 11.3 Å². The van der Waals surface area contributed by atoms with E-state index in [1.807, 2.05) is 48.2 Å². The van der Waals surface area contributed by atoms with Crippen LogP contribution in [0, 0.1) is 0 Å². The number of hydrogen-bond acceptors (Lipinski definition) is 7. The molecule has 1 aliphatic rings. The number of nitrogens with one attached hydrogen (secondary N) is 2. The van der Waals surface area contributed by atoms with Gasteiger partial charge in [0.15, 0.2) is 0 Å². The fourth-order valence-corrected chi connectivity index (χ4v) is 4.38. The van der Waals surface area contributed by atoms with E-state index in [1.54, 1.807) is 25.3 Å². The zero-order valence-electron chi connectivity index (χ0n) is 19.7. The van der Waals surface area contributed by atoms with E-state index in [2.05, 4.69) is 20.6 Å². The summed E-state index contributed by atoms with van der Waals surface area (Å²) in [6.45, 7) is 2.90. The van der Waals surface area contributed by atoms with Gasteiger partial charge in [-0.15, -0.1) is 0 Å². The molecule has 0 saturated heterocycles. The number of carbonyl (C=O) groups is 2. The van der Waals surface area contributed by atoms with Crippen LogP contribution in [0.25, 0.3) is 11.3 Å². The molecular weight excluding hydrogens is 446 g/mol. The summed E-state index contributed by atoms with van der Waals surface area (Å²) in [6, 6.07) is 14.2. The monoisotopic (exact) mass is 475 g/mol. The van der Waals surface area contributed by atoms with Gasteiger partial charge in [0.2, 0.25) is 5.91 Å². The zero-order valence-corrected chi connectivity index (χ0v) is 19.7. The Kier molecular flexibility index (Phi) is 7.38. The molecule has 9 heteroatoms. The molecule has 0 aliphatic carbocycles. The number of aromatic nitrogens is 2. The predicted octanol–water partition coefficient (Wildman–Crippen LogP) is 2.52. The molecule has 35 heavy (non-hydrogen) atoms. The smallest absolute Gasteiger partial charge is 0.253 e. The van der Waals surface area contributed by atoms with Crippen LogP contribution < -0.4 is 15.5 Å². The molecule has 2 amide bonds. The van der Waals surface area contributed by atoms with Crippen LogP contribution in [0.3, 0.4) is 0 Å². The molecule has 0 radical (unpaired) electrons. The van der Waals surface area contributed by atoms with Gasteiger partial charge in [-0.1, -0.05) is 12.1 Å². The van der Waals surface area contributed by atoms with E-state index >= 15 is 0 Å². The highest BCUT2D eigenvalue weighted by Crippen LogP contribution is 2.40. The number of hydrogen-bond donors (Lipinski definition) is 4. The lowest BCUT2D eigenvalue weighted by Crippen LogP contribution is -2.43. The largest absolute Gasteiger partial charge is 0.394 e. The van der Waals surface area contributed by atoms with E-state index in [1.165, 1.54) is 6.20 Å². The molecule has 0 fully saturated rings. The summed E-state index contributed by atoms with van der Waals surface area (Å²) < 4.78 is 0. The molecule has 2 atom stereocenters. The minimum atomic E-state index is -0.724. The first-order valence-corrected chi connectivity index (χ1v) is 11.5. The number of aliphatic hydroxyl groups excluding tert-OH is 2. The van der Waals surface area contributed by atoms with Gasteiger partial charge < -0.3 is 25.7 Å². The van der Waals surface area contributed by atoms with Crippen molar-refractivity contribution in [2.45, 2.75) is 38.4 Å². The average molecular weight is 476 g/mol. The number of aliphatic hydroxyl groups is 2. The zero-order chi connectivity index (χ0) is 24.9. The average Bonchev–Trinajstić information content (AvgIpc) is 2.87. The Morgan fingerprint density at radius 2 is 1.91 bits per heavy atom. The maximum Gasteiger partial charge on any atom is 0.253 e. The van der Waals surface area contributed by atoms with Crippen LogP contribution in [0.4, 0.5) is 11.5 Å². The SMILES string of the molecule is CC(=O)N1c2ccc(-c3ccc(C(=O)NC(CO)CO)cn3)cc2C(Nc2ccccn2)CC1C. The molecule has 2 aromatic heterocycles. The van der Waals surface area contributed by atoms with Gasteiger partial charge in [0, 0.05) is 36.6 Å². The van der Waals surface area contributed by atoms with Gasteiger partial charge in [-0.25, -0.2) is 4.98 Å². The molecular formula is C26H29N5O4. The number of rotatable bonds is 7. The highest BCUT2D eigenvalue weighted by molar-refractivity contribution is 5.95. The van der Waals surface area contributed by atoms with Crippen LogP contribution in [-0.4, -0.2) is 57.3 Å². The third-order valence-electron chi connectivity index (χ3n) is 6.10. The highest BCUT2D eigenvalue weighted by atomic mass is 16.3. The molecule has 0 bridgehead atoms. The Morgan fingerprint density at radius 1 is 1.11 bits per heavy atom. The molecule has 1 aromatic carbocycles.